The molecule has 0 spiro atoms. The Balaban J connectivity index is 1.64. The van der Waals surface area contributed by atoms with Crippen LogP contribution in [-0.2, 0) is 4.79 Å². The minimum atomic E-state index is -0.531. The number of para-hydroxylation sites is 2. The molecule has 152 valence electrons. The van der Waals surface area contributed by atoms with E-state index in [0.29, 0.717) is 15.8 Å². The van der Waals surface area contributed by atoms with Gasteiger partial charge in [0.05, 0.1) is 16.2 Å². The third-order valence-electron chi connectivity index (χ3n) is 3.96. The molecule has 2 N–H and O–H groups in total. The highest BCUT2D eigenvalue weighted by Crippen LogP contribution is 2.27. The van der Waals surface area contributed by atoms with Gasteiger partial charge in [-0.25, -0.2) is 0 Å². The quantitative estimate of drug-likeness (QED) is 0.387. The van der Waals surface area contributed by atoms with Gasteiger partial charge in [-0.3, -0.25) is 19.7 Å². The maximum atomic E-state index is 12.5. The van der Waals surface area contributed by atoms with Crippen molar-refractivity contribution in [3.8, 4) is 5.75 Å². The summed E-state index contributed by atoms with van der Waals surface area (Å²) in [5.74, 6) is -0.595. The highest BCUT2D eigenvalue weighted by atomic mass is 79.9. The molecule has 0 aliphatic carbocycles. The van der Waals surface area contributed by atoms with Gasteiger partial charge in [0.1, 0.15) is 5.75 Å². The standard InChI is InChI=1S/C21H16BrN3O5/c22-17-12-15(25(28)29)10-11-18(17)24-20(26)13-30-19-9-5-4-8-16(19)21(27)23-14-6-2-1-3-7-14/h1-12H,13H2,(H,23,27)(H,24,26). The molecule has 0 aromatic heterocycles. The molecule has 9 heteroatoms. The normalized spacial score (nSPS) is 10.2. The van der Waals surface area contributed by atoms with E-state index in [1.807, 2.05) is 6.07 Å². The second-order valence-corrected chi connectivity index (χ2v) is 6.93. The number of hydrogen-bond donors (Lipinski definition) is 2. The minimum Gasteiger partial charge on any atom is -0.483 e. The number of nitrogens with zero attached hydrogens (tertiary/aromatic N) is 1. The van der Waals surface area contributed by atoms with Crippen molar-refractivity contribution >= 4 is 44.8 Å². The van der Waals surface area contributed by atoms with E-state index in [0.717, 1.165) is 0 Å². The Morgan fingerprint density at radius 1 is 0.967 bits per heavy atom. The molecule has 0 unspecified atom stereocenters. The predicted molar refractivity (Wildman–Crippen MR) is 116 cm³/mol. The van der Waals surface area contributed by atoms with Crippen molar-refractivity contribution in [3.05, 3.63) is 92.9 Å². The van der Waals surface area contributed by atoms with Gasteiger partial charge in [0.25, 0.3) is 17.5 Å². The lowest BCUT2D eigenvalue weighted by molar-refractivity contribution is -0.384. The number of anilines is 2. The van der Waals surface area contributed by atoms with Crippen LogP contribution in [0.1, 0.15) is 10.4 Å². The zero-order valence-electron chi connectivity index (χ0n) is 15.5. The first-order valence-corrected chi connectivity index (χ1v) is 9.55. The van der Waals surface area contributed by atoms with Gasteiger partial charge in [-0.2, -0.15) is 0 Å². The van der Waals surface area contributed by atoms with E-state index in [4.69, 9.17) is 4.74 Å². The van der Waals surface area contributed by atoms with Crippen molar-refractivity contribution in [3.63, 3.8) is 0 Å². The zero-order chi connectivity index (χ0) is 21.5. The van der Waals surface area contributed by atoms with Gasteiger partial charge in [0, 0.05) is 22.3 Å². The Hall–Kier alpha value is -3.72. The Kier molecular flexibility index (Phi) is 6.76. The highest BCUT2D eigenvalue weighted by molar-refractivity contribution is 9.10. The van der Waals surface area contributed by atoms with Crippen molar-refractivity contribution < 1.29 is 19.2 Å². The molecule has 0 bridgehead atoms. The van der Waals surface area contributed by atoms with Crippen LogP contribution in [-0.4, -0.2) is 23.3 Å². The van der Waals surface area contributed by atoms with Gasteiger partial charge in [0.15, 0.2) is 6.61 Å². The molecule has 3 rings (SSSR count). The van der Waals surface area contributed by atoms with Gasteiger partial charge >= 0.3 is 0 Å². The number of rotatable bonds is 7. The first kappa shape index (κ1) is 21.0. The van der Waals surface area contributed by atoms with E-state index < -0.39 is 10.8 Å². The number of carbonyl (C=O) groups is 2. The summed E-state index contributed by atoms with van der Waals surface area (Å²) in [6.45, 7) is -0.348. The van der Waals surface area contributed by atoms with Crippen LogP contribution < -0.4 is 15.4 Å². The number of nitro groups is 1. The molecule has 0 saturated heterocycles. The van der Waals surface area contributed by atoms with E-state index in [-0.39, 0.29) is 29.5 Å². The third-order valence-corrected chi connectivity index (χ3v) is 4.62. The second-order valence-electron chi connectivity index (χ2n) is 6.07. The largest absolute Gasteiger partial charge is 0.483 e. The number of non-ortho nitro benzene ring substituents is 1. The van der Waals surface area contributed by atoms with Gasteiger partial charge in [0.2, 0.25) is 0 Å². The molecule has 0 aliphatic rings. The van der Waals surface area contributed by atoms with Gasteiger partial charge < -0.3 is 15.4 Å². The molecule has 8 nitrogen and oxygen atoms in total. The zero-order valence-corrected chi connectivity index (χ0v) is 17.1. The average Bonchev–Trinajstić information content (AvgIpc) is 2.74. The van der Waals surface area contributed by atoms with Crippen LogP contribution in [0, 0.1) is 10.1 Å². The Bertz CT molecular complexity index is 1090. The van der Waals surface area contributed by atoms with E-state index in [2.05, 4.69) is 26.6 Å². The lowest BCUT2D eigenvalue weighted by Gasteiger charge is -2.12. The molecule has 2 amide bonds. The Morgan fingerprint density at radius 2 is 1.67 bits per heavy atom. The van der Waals surface area contributed by atoms with E-state index >= 15 is 0 Å². The van der Waals surface area contributed by atoms with E-state index in [9.17, 15) is 19.7 Å². The van der Waals surface area contributed by atoms with Gasteiger partial charge in [-0.05, 0) is 46.3 Å². The maximum Gasteiger partial charge on any atom is 0.270 e. The monoisotopic (exact) mass is 469 g/mol. The molecule has 3 aromatic carbocycles. The lowest BCUT2D eigenvalue weighted by Crippen LogP contribution is -2.21. The van der Waals surface area contributed by atoms with Gasteiger partial charge in [-0.15, -0.1) is 0 Å². The number of halogens is 1. The van der Waals surface area contributed by atoms with E-state index in [1.54, 1.807) is 48.5 Å². The summed E-state index contributed by atoms with van der Waals surface area (Å²) in [6, 6.07) is 19.5. The summed E-state index contributed by atoms with van der Waals surface area (Å²) in [7, 11) is 0. The van der Waals surface area contributed by atoms with Crippen LogP contribution in [0.3, 0.4) is 0 Å². The molecular weight excluding hydrogens is 454 g/mol. The molecule has 30 heavy (non-hydrogen) atoms. The fraction of sp³-hybridized carbons (Fsp3) is 0.0476. The number of ether oxygens (including phenoxy) is 1. The smallest absolute Gasteiger partial charge is 0.270 e. The lowest BCUT2D eigenvalue weighted by atomic mass is 10.2. The summed E-state index contributed by atoms with van der Waals surface area (Å²) in [5.41, 5.74) is 1.18. The molecular formula is C21H16BrN3O5. The molecule has 0 aliphatic heterocycles. The molecule has 0 atom stereocenters. The summed E-state index contributed by atoms with van der Waals surface area (Å²) in [6.07, 6.45) is 0. The molecule has 0 fully saturated rings. The average molecular weight is 470 g/mol. The number of nitrogens with one attached hydrogen (secondary N) is 2. The molecule has 3 aromatic rings. The fourth-order valence-electron chi connectivity index (χ4n) is 2.55. The number of benzene rings is 3. The fourth-order valence-corrected chi connectivity index (χ4v) is 3.01. The number of amides is 2. The van der Waals surface area contributed by atoms with Crippen LogP contribution in [0.5, 0.6) is 5.75 Å². The number of nitro benzene ring substituents is 1. The first-order valence-electron chi connectivity index (χ1n) is 8.76. The van der Waals surface area contributed by atoms with Crippen molar-refractivity contribution in [1.82, 2.24) is 0 Å². The van der Waals surface area contributed by atoms with Crippen LogP contribution in [0.15, 0.2) is 77.3 Å². The number of hydrogen-bond acceptors (Lipinski definition) is 5. The van der Waals surface area contributed by atoms with Crippen LogP contribution in [0.25, 0.3) is 0 Å². The van der Waals surface area contributed by atoms with Crippen molar-refractivity contribution in [1.29, 1.82) is 0 Å². The second kappa shape index (κ2) is 9.66. The highest BCUT2D eigenvalue weighted by Gasteiger charge is 2.15. The van der Waals surface area contributed by atoms with Crippen LogP contribution in [0.2, 0.25) is 0 Å². The number of carbonyl (C=O) groups excluding carboxylic acids is 2. The summed E-state index contributed by atoms with van der Waals surface area (Å²) in [4.78, 5) is 35.0. The maximum absolute atomic E-state index is 12.5. The van der Waals surface area contributed by atoms with Crippen molar-refractivity contribution in [2.75, 3.05) is 17.2 Å². The van der Waals surface area contributed by atoms with Crippen molar-refractivity contribution in [2.24, 2.45) is 0 Å². The Labute approximate surface area is 180 Å². The summed E-state index contributed by atoms with van der Waals surface area (Å²) in [5, 5.41) is 16.2. The molecule has 0 heterocycles. The molecule has 0 saturated carbocycles. The summed E-state index contributed by atoms with van der Waals surface area (Å²) >= 11 is 3.19. The van der Waals surface area contributed by atoms with E-state index in [1.165, 1.54) is 18.2 Å². The third kappa shape index (κ3) is 5.42. The van der Waals surface area contributed by atoms with Crippen molar-refractivity contribution in [2.45, 2.75) is 0 Å². The van der Waals surface area contributed by atoms with Gasteiger partial charge in [-0.1, -0.05) is 30.3 Å². The van der Waals surface area contributed by atoms with Crippen LogP contribution in [0.4, 0.5) is 17.1 Å². The topological polar surface area (TPSA) is 111 Å². The van der Waals surface area contributed by atoms with Crippen LogP contribution >= 0.6 is 15.9 Å². The minimum absolute atomic E-state index is 0.102. The predicted octanol–water partition coefficient (Wildman–Crippen LogP) is 4.63. The first-order chi connectivity index (χ1) is 14.4. The Morgan fingerprint density at radius 3 is 2.37 bits per heavy atom. The SMILES string of the molecule is O=C(COc1ccccc1C(=O)Nc1ccccc1)Nc1ccc([N+](=O)[O-])cc1Br. The molecule has 0 radical (unpaired) electrons. The summed E-state index contributed by atoms with van der Waals surface area (Å²) < 4.78 is 5.90.